The number of rotatable bonds is 1. The van der Waals surface area contributed by atoms with Gasteiger partial charge in [0.2, 0.25) is 10.0 Å². The SMILES string of the molecule is C[C@@H]1[C@@H](C)C/C=C/[C@](O)(c2nccn2C)[C@@H]2CC[C@H]2CN2CCCCc3cc(Cl)ccc3COc3ccc(cc32)C(=O)NS1(=O)=O. The molecule has 46 heavy (non-hydrogen) atoms. The number of nitrogens with one attached hydrogen (secondary N) is 1. The molecule has 2 bridgehead atoms. The van der Waals surface area contributed by atoms with Crippen molar-refractivity contribution < 1.29 is 23.1 Å². The lowest BCUT2D eigenvalue weighted by Gasteiger charge is -2.47. The lowest BCUT2D eigenvalue weighted by molar-refractivity contribution is -0.0575. The summed E-state index contributed by atoms with van der Waals surface area (Å²) in [6, 6.07) is 11.0. The minimum absolute atomic E-state index is 0.102. The topological polar surface area (TPSA) is 114 Å². The van der Waals surface area contributed by atoms with Crippen molar-refractivity contribution in [3.8, 4) is 5.75 Å². The zero-order valence-corrected chi connectivity index (χ0v) is 28.2. The smallest absolute Gasteiger partial charge is 0.264 e. The molecule has 1 fully saturated rings. The molecular weight excluding hydrogens is 624 g/mol. The van der Waals surface area contributed by atoms with E-state index in [1.807, 2.05) is 55.1 Å². The molecule has 5 atom stereocenters. The van der Waals surface area contributed by atoms with Crippen molar-refractivity contribution in [2.24, 2.45) is 24.8 Å². The molecule has 3 aliphatic rings. The van der Waals surface area contributed by atoms with Crippen molar-refractivity contribution in [1.29, 1.82) is 0 Å². The first-order chi connectivity index (χ1) is 22.0. The highest BCUT2D eigenvalue weighted by molar-refractivity contribution is 7.90. The Kier molecular flexibility index (Phi) is 9.24. The largest absolute Gasteiger partial charge is 0.487 e. The number of amides is 1. The molecule has 3 aromatic rings. The molecule has 0 unspecified atom stereocenters. The maximum absolute atomic E-state index is 13.4. The van der Waals surface area contributed by atoms with Gasteiger partial charge in [-0.1, -0.05) is 30.7 Å². The molecule has 3 heterocycles. The summed E-state index contributed by atoms with van der Waals surface area (Å²) in [5.41, 5.74) is 1.87. The Morgan fingerprint density at radius 3 is 2.67 bits per heavy atom. The van der Waals surface area contributed by atoms with Gasteiger partial charge in [0, 0.05) is 49.0 Å². The highest BCUT2D eigenvalue weighted by atomic mass is 35.5. The molecule has 6 rings (SSSR count). The van der Waals surface area contributed by atoms with Crippen LogP contribution in [0.25, 0.3) is 0 Å². The van der Waals surface area contributed by atoms with Crippen molar-refractivity contribution in [1.82, 2.24) is 14.3 Å². The number of aliphatic hydroxyl groups is 1. The van der Waals surface area contributed by atoms with Crippen molar-refractivity contribution in [2.45, 2.75) is 69.8 Å². The van der Waals surface area contributed by atoms with Gasteiger partial charge in [-0.15, -0.1) is 0 Å². The minimum Gasteiger partial charge on any atom is -0.487 e. The number of nitrogens with zero attached hydrogens (tertiary/aromatic N) is 3. The number of hydrogen-bond donors (Lipinski definition) is 2. The number of aryl methyl sites for hydroxylation is 2. The Hall–Kier alpha value is -3.34. The van der Waals surface area contributed by atoms with Gasteiger partial charge < -0.3 is 19.3 Å². The molecule has 2 aromatic carbocycles. The first-order valence-corrected chi connectivity index (χ1v) is 18.1. The molecule has 0 radical (unpaired) electrons. The van der Waals surface area contributed by atoms with Crippen molar-refractivity contribution in [3.05, 3.63) is 88.5 Å². The number of halogens is 1. The monoisotopic (exact) mass is 666 g/mol. The van der Waals surface area contributed by atoms with E-state index in [0.29, 0.717) is 42.7 Å². The molecule has 0 spiro atoms. The van der Waals surface area contributed by atoms with E-state index in [2.05, 4.69) is 14.6 Å². The fourth-order valence-electron chi connectivity index (χ4n) is 7.09. The van der Waals surface area contributed by atoms with E-state index >= 15 is 0 Å². The summed E-state index contributed by atoms with van der Waals surface area (Å²) in [6.07, 6.45) is 12.1. The summed E-state index contributed by atoms with van der Waals surface area (Å²) in [4.78, 5) is 20.3. The van der Waals surface area contributed by atoms with Gasteiger partial charge in [0.1, 0.15) is 23.8 Å². The summed E-state index contributed by atoms with van der Waals surface area (Å²) < 4.78 is 37.4. The van der Waals surface area contributed by atoms with Crippen molar-refractivity contribution in [2.75, 3.05) is 18.0 Å². The van der Waals surface area contributed by atoms with Crippen LogP contribution in [0.4, 0.5) is 5.69 Å². The predicted molar refractivity (Wildman–Crippen MR) is 179 cm³/mol. The molecule has 1 saturated carbocycles. The Balaban J connectivity index is 1.44. The number of fused-ring (bicyclic) bond motifs is 3. The average molecular weight is 667 g/mol. The number of imidazole rings is 1. The van der Waals surface area contributed by atoms with Crippen LogP contribution in [0.15, 0.2) is 60.9 Å². The van der Waals surface area contributed by atoms with E-state index in [1.165, 1.54) is 0 Å². The van der Waals surface area contributed by atoms with Crippen LogP contribution in [-0.2, 0) is 35.7 Å². The predicted octanol–water partition coefficient (Wildman–Crippen LogP) is 5.75. The average Bonchev–Trinajstić information content (AvgIpc) is 3.43. The normalized spacial score (nSPS) is 29.2. The third kappa shape index (κ3) is 6.44. The standard InChI is InChI=1S/C35H43ClN4O5S/c1-23-7-6-15-35(42,34-37-16-18-39(34)3)30-13-10-27(30)21-40-17-5-4-8-25-19-29(36)12-9-28(25)22-45-32-14-11-26(20-31(32)40)33(41)38-46(43,44)24(23)2/h6,9,11-12,14-16,18-20,23-24,27,30,42H,4-5,7-8,10,13,17,21-22H2,1-3H3,(H,38,41)/b15-6+/t23-,24+,27-,30+,35+/m0/s1. The second kappa shape index (κ2) is 13.0. The molecule has 1 aromatic heterocycles. The van der Waals surface area contributed by atoms with Crippen molar-refractivity contribution in [3.63, 3.8) is 0 Å². The van der Waals surface area contributed by atoms with Crippen LogP contribution >= 0.6 is 11.6 Å². The highest BCUT2D eigenvalue weighted by Gasteiger charge is 2.49. The maximum Gasteiger partial charge on any atom is 0.264 e. The van der Waals surface area contributed by atoms with Gasteiger partial charge in [0.25, 0.3) is 5.91 Å². The number of carbonyl (C=O) groups is 1. The molecule has 9 nitrogen and oxygen atoms in total. The Morgan fingerprint density at radius 2 is 1.93 bits per heavy atom. The van der Waals surface area contributed by atoms with Gasteiger partial charge in [0.05, 0.1) is 10.9 Å². The quantitative estimate of drug-likeness (QED) is 0.318. The van der Waals surface area contributed by atoms with Crippen LogP contribution in [0.2, 0.25) is 5.02 Å². The number of anilines is 1. The summed E-state index contributed by atoms with van der Waals surface area (Å²) in [5, 5.41) is 12.3. The van der Waals surface area contributed by atoms with Gasteiger partial charge in [0.15, 0.2) is 0 Å². The number of aromatic nitrogens is 2. The summed E-state index contributed by atoms with van der Waals surface area (Å²) in [6.45, 7) is 5.12. The number of hydrogen-bond acceptors (Lipinski definition) is 7. The number of benzene rings is 2. The summed E-state index contributed by atoms with van der Waals surface area (Å²) >= 11 is 6.34. The van der Waals surface area contributed by atoms with Gasteiger partial charge in [-0.25, -0.2) is 18.1 Å². The molecule has 2 N–H and O–H groups in total. The van der Waals surface area contributed by atoms with Crippen molar-refractivity contribution >= 4 is 33.2 Å². The third-order valence-electron chi connectivity index (χ3n) is 10.3. The van der Waals surface area contributed by atoms with Crippen LogP contribution in [0.3, 0.4) is 0 Å². The van der Waals surface area contributed by atoms with E-state index in [1.54, 1.807) is 31.3 Å². The summed E-state index contributed by atoms with van der Waals surface area (Å²) in [7, 11) is -2.11. The number of sulfonamides is 1. The minimum atomic E-state index is -3.99. The van der Waals surface area contributed by atoms with Gasteiger partial charge in [-0.2, -0.15) is 0 Å². The molecule has 1 aliphatic carbocycles. The number of ether oxygens (including phenoxy) is 1. The van der Waals surface area contributed by atoms with Crippen LogP contribution in [-0.4, -0.2) is 47.3 Å². The van der Waals surface area contributed by atoms with Crippen LogP contribution in [0, 0.1) is 17.8 Å². The van der Waals surface area contributed by atoms with E-state index in [9.17, 15) is 18.3 Å². The zero-order chi connectivity index (χ0) is 32.6. The fourth-order valence-corrected chi connectivity index (χ4v) is 8.57. The first kappa shape index (κ1) is 32.6. The Bertz CT molecular complexity index is 1740. The van der Waals surface area contributed by atoms with Crippen LogP contribution < -0.4 is 14.4 Å². The van der Waals surface area contributed by atoms with Crippen LogP contribution in [0.1, 0.15) is 73.3 Å². The first-order valence-electron chi connectivity index (χ1n) is 16.2. The lowest BCUT2D eigenvalue weighted by Crippen LogP contribution is -2.49. The molecule has 246 valence electrons. The third-order valence-corrected chi connectivity index (χ3v) is 12.4. The van der Waals surface area contributed by atoms with Gasteiger partial charge in [-0.05, 0) is 105 Å². The Labute approximate surface area is 276 Å². The van der Waals surface area contributed by atoms with E-state index < -0.39 is 26.8 Å². The molecular formula is C35H43ClN4O5S. The highest BCUT2D eigenvalue weighted by Crippen LogP contribution is 2.48. The lowest BCUT2D eigenvalue weighted by atomic mass is 9.64. The van der Waals surface area contributed by atoms with E-state index in [-0.39, 0.29) is 23.3 Å². The Morgan fingerprint density at radius 1 is 1.11 bits per heavy atom. The van der Waals surface area contributed by atoms with E-state index in [0.717, 1.165) is 48.9 Å². The molecule has 0 saturated heterocycles. The second-order valence-electron chi connectivity index (χ2n) is 13.2. The fraction of sp³-hybridized carbons (Fsp3) is 0.486. The van der Waals surface area contributed by atoms with Gasteiger partial charge >= 0.3 is 0 Å². The van der Waals surface area contributed by atoms with Crippen LogP contribution in [0.5, 0.6) is 5.75 Å². The second-order valence-corrected chi connectivity index (χ2v) is 15.7. The zero-order valence-electron chi connectivity index (χ0n) is 26.7. The number of carbonyl (C=O) groups excluding carboxylic acids is 1. The molecule has 1 amide bonds. The summed E-state index contributed by atoms with van der Waals surface area (Å²) in [5.74, 6) is 0.244. The molecule has 2 aliphatic heterocycles. The maximum atomic E-state index is 13.4. The van der Waals surface area contributed by atoms with E-state index in [4.69, 9.17) is 16.3 Å². The van der Waals surface area contributed by atoms with Gasteiger partial charge in [-0.3, -0.25) is 4.79 Å². The molecule has 11 heteroatoms. The number of allylic oxidation sites excluding steroid dienone is 1.